The molecule has 25 heavy (non-hydrogen) atoms. The Morgan fingerprint density at radius 1 is 1.08 bits per heavy atom. The molecule has 0 saturated carbocycles. The summed E-state index contributed by atoms with van der Waals surface area (Å²) in [5, 5.41) is 5.01. The fourth-order valence-corrected chi connectivity index (χ4v) is 2.47. The lowest BCUT2D eigenvalue weighted by molar-refractivity contribution is 0.111. The predicted octanol–water partition coefficient (Wildman–Crippen LogP) is 2.53. The van der Waals surface area contributed by atoms with Gasteiger partial charge in [-0.3, -0.25) is 14.8 Å². The number of rotatable bonds is 3. The molecule has 7 nitrogen and oxygen atoms in total. The Kier molecular flexibility index (Phi) is 3.50. The Labute approximate surface area is 141 Å². The molecule has 0 aliphatic carbocycles. The molecule has 4 heterocycles. The Hall–Kier alpha value is -3.55. The van der Waals surface area contributed by atoms with E-state index in [0.29, 0.717) is 23.2 Å². The van der Waals surface area contributed by atoms with E-state index in [1.165, 1.54) is 16.8 Å². The van der Waals surface area contributed by atoms with E-state index in [4.69, 9.17) is 0 Å². The summed E-state index contributed by atoms with van der Waals surface area (Å²) in [5.41, 5.74) is 2.62. The minimum atomic E-state index is -0.838. The zero-order valence-corrected chi connectivity index (χ0v) is 13.1. The fraction of sp³-hybridized carbons (Fsp3) is 0.0588. The number of nitrogens with zero attached hydrogens (tertiary/aromatic N) is 6. The maximum atomic E-state index is 13.8. The molecule has 0 amide bonds. The number of halogens is 1. The van der Waals surface area contributed by atoms with Gasteiger partial charge in [0.2, 0.25) is 5.95 Å². The van der Waals surface area contributed by atoms with Crippen LogP contribution >= 0.6 is 0 Å². The minimum absolute atomic E-state index is 0.0994. The van der Waals surface area contributed by atoms with Crippen LogP contribution in [0.15, 0.2) is 43.0 Å². The quantitative estimate of drug-likeness (QED) is 0.423. The van der Waals surface area contributed by atoms with E-state index in [1.807, 2.05) is 6.92 Å². The van der Waals surface area contributed by atoms with Crippen LogP contribution in [-0.4, -0.2) is 36.0 Å². The van der Waals surface area contributed by atoms with E-state index in [2.05, 4.69) is 25.0 Å². The molecule has 0 radical (unpaired) electrons. The van der Waals surface area contributed by atoms with Crippen molar-refractivity contribution in [3.8, 4) is 17.2 Å². The molecular formula is C17H11FN6O. The molecule has 0 unspecified atom stereocenters. The van der Waals surface area contributed by atoms with Crippen molar-refractivity contribution >= 4 is 17.2 Å². The molecule has 4 aromatic heterocycles. The van der Waals surface area contributed by atoms with Crippen LogP contribution in [0.5, 0.6) is 0 Å². The minimum Gasteiger partial charge on any atom is -0.298 e. The summed E-state index contributed by atoms with van der Waals surface area (Å²) in [6.45, 7) is 1.85. The molecule has 0 N–H and O–H groups in total. The van der Waals surface area contributed by atoms with Crippen LogP contribution in [0.2, 0.25) is 0 Å². The van der Waals surface area contributed by atoms with Gasteiger partial charge in [-0.25, -0.2) is 9.67 Å². The molecule has 0 spiro atoms. The van der Waals surface area contributed by atoms with Gasteiger partial charge in [-0.05, 0) is 25.1 Å². The summed E-state index contributed by atoms with van der Waals surface area (Å²) in [6.07, 6.45) is 6.98. The van der Waals surface area contributed by atoms with Crippen LogP contribution < -0.4 is 0 Å². The summed E-state index contributed by atoms with van der Waals surface area (Å²) in [6, 6.07) is 4.69. The van der Waals surface area contributed by atoms with E-state index in [0.717, 1.165) is 11.1 Å². The van der Waals surface area contributed by atoms with Gasteiger partial charge in [0.15, 0.2) is 12.1 Å². The zero-order chi connectivity index (χ0) is 17.4. The molecule has 0 saturated heterocycles. The van der Waals surface area contributed by atoms with Gasteiger partial charge >= 0.3 is 0 Å². The van der Waals surface area contributed by atoms with Crippen LogP contribution in [0.4, 0.5) is 4.39 Å². The monoisotopic (exact) mass is 334 g/mol. The highest BCUT2D eigenvalue weighted by Gasteiger charge is 2.12. The van der Waals surface area contributed by atoms with Crippen molar-refractivity contribution in [1.29, 1.82) is 0 Å². The largest absolute Gasteiger partial charge is 0.298 e. The first-order chi connectivity index (χ1) is 12.2. The van der Waals surface area contributed by atoms with Gasteiger partial charge in [-0.15, -0.1) is 0 Å². The lowest BCUT2D eigenvalue weighted by Gasteiger charge is -2.05. The highest BCUT2D eigenvalue weighted by Crippen LogP contribution is 2.22. The average Bonchev–Trinajstić information content (AvgIpc) is 3.04. The molecule has 4 rings (SSSR count). The third kappa shape index (κ3) is 2.63. The highest BCUT2D eigenvalue weighted by molar-refractivity contribution is 5.82. The number of aromatic nitrogens is 6. The summed E-state index contributed by atoms with van der Waals surface area (Å²) in [4.78, 5) is 27.4. The Bertz CT molecular complexity index is 1110. The van der Waals surface area contributed by atoms with Crippen LogP contribution in [0.25, 0.3) is 28.1 Å². The SMILES string of the molecule is Cc1cncc(-c2cc3c(cn2)cnn3-c2ccc(C=O)c(F)n2)n1. The molecule has 4 aromatic rings. The van der Waals surface area contributed by atoms with Crippen molar-refractivity contribution in [3.05, 3.63) is 60.2 Å². The maximum Gasteiger partial charge on any atom is 0.225 e. The highest BCUT2D eigenvalue weighted by atomic mass is 19.1. The van der Waals surface area contributed by atoms with E-state index in [1.54, 1.807) is 30.9 Å². The number of pyridine rings is 2. The first-order valence-corrected chi connectivity index (χ1v) is 7.40. The number of aryl methyl sites for hydroxylation is 1. The molecule has 122 valence electrons. The predicted molar refractivity (Wildman–Crippen MR) is 87.8 cm³/mol. The first-order valence-electron chi connectivity index (χ1n) is 7.40. The number of fused-ring (bicyclic) bond motifs is 1. The van der Waals surface area contributed by atoms with Gasteiger partial charge in [0, 0.05) is 17.8 Å². The Balaban J connectivity index is 1.87. The van der Waals surface area contributed by atoms with Crippen molar-refractivity contribution in [3.63, 3.8) is 0 Å². The maximum absolute atomic E-state index is 13.8. The van der Waals surface area contributed by atoms with Crippen molar-refractivity contribution < 1.29 is 9.18 Å². The molecule has 0 aromatic carbocycles. The number of aldehydes is 1. The zero-order valence-electron chi connectivity index (χ0n) is 13.1. The Morgan fingerprint density at radius 3 is 2.72 bits per heavy atom. The first kappa shape index (κ1) is 15.0. The Morgan fingerprint density at radius 2 is 1.96 bits per heavy atom. The molecule has 0 aliphatic heterocycles. The van der Waals surface area contributed by atoms with Gasteiger partial charge in [0.1, 0.15) is 5.69 Å². The van der Waals surface area contributed by atoms with Crippen molar-refractivity contribution in [2.75, 3.05) is 0 Å². The van der Waals surface area contributed by atoms with Gasteiger partial charge in [0.25, 0.3) is 0 Å². The smallest absolute Gasteiger partial charge is 0.225 e. The molecule has 0 bridgehead atoms. The number of carbonyl (C=O) groups is 1. The second-order valence-electron chi connectivity index (χ2n) is 5.40. The van der Waals surface area contributed by atoms with E-state index in [9.17, 15) is 9.18 Å². The average molecular weight is 334 g/mol. The number of carbonyl (C=O) groups excluding carboxylic acids is 1. The van der Waals surface area contributed by atoms with E-state index >= 15 is 0 Å². The summed E-state index contributed by atoms with van der Waals surface area (Å²) < 4.78 is 15.3. The lowest BCUT2D eigenvalue weighted by Crippen LogP contribution is -2.03. The standard InChI is InChI=1S/C17H11FN6O/c1-10-5-19-8-14(22-10)13-4-15-12(6-20-13)7-21-24(15)16-3-2-11(9-25)17(18)23-16/h2-9H,1H3. The molecule has 8 heteroatoms. The topological polar surface area (TPSA) is 86.5 Å². The van der Waals surface area contributed by atoms with Gasteiger partial charge in [0.05, 0.1) is 34.9 Å². The fourth-order valence-electron chi connectivity index (χ4n) is 2.47. The van der Waals surface area contributed by atoms with Crippen LogP contribution in [0, 0.1) is 12.9 Å². The molecule has 0 atom stereocenters. The van der Waals surface area contributed by atoms with Crippen LogP contribution in [0.3, 0.4) is 0 Å². The summed E-state index contributed by atoms with van der Waals surface area (Å²) in [5.74, 6) is -0.569. The second kappa shape index (κ2) is 5.82. The molecule has 0 aliphatic rings. The van der Waals surface area contributed by atoms with E-state index in [-0.39, 0.29) is 11.4 Å². The van der Waals surface area contributed by atoms with E-state index < -0.39 is 5.95 Å². The number of hydrogen-bond donors (Lipinski definition) is 0. The molecule has 0 fully saturated rings. The van der Waals surface area contributed by atoms with Gasteiger partial charge < -0.3 is 0 Å². The van der Waals surface area contributed by atoms with Gasteiger partial charge in [-0.1, -0.05) is 0 Å². The van der Waals surface area contributed by atoms with Crippen molar-refractivity contribution in [2.24, 2.45) is 0 Å². The third-order valence-corrected chi connectivity index (χ3v) is 3.68. The normalized spacial score (nSPS) is 11.0. The second-order valence-corrected chi connectivity index (χ2v) is 5.40. The summed E-state index contributed by atoms with van der Waals surface area (Å²) >= 11 is 0. The van der Waals surface area contributed by atoms with Crippen molar-refractivity contribution in [2.45, 2.75) is 6.92 Å². The van der Waals surface area contributed by atoms with Crippen LogP contribution in [0.1, 0.15) is 16.1 Å². The summed E-state index contributed by atoms with van der Waals surface area (Å²) in [7, 11) is 0. The van der Waals surface area contributed by atoms with Gasteiger partial charge in [-0.2, -0.15) is 14.5 Å². The third-order valence-electron chi connectivity index (χ3n) is 3.68. The number of hydrogen-bond acceptors (Lipinski definition) is 6. The van der Waals surface area contributed by atoms with Crippen molar-refractivity contribution in [1.82, 2.24) is 29.7 Å². The molecular weight excluding hydrogens is 323 g/mol. The van der Waals surface area contributed by atoms with Crippen LogP contribution in [-0.2, 0) is 0 Å². The lowest BCUT2D eigenvalue weighted by atomic mass is 10.2.